The Balaban J connectivity index is 2.34. The van der Waals surface area contributed by atoms with Crippen molar-refractivity contribution in [2.75, 3.05) is 0 Å². The van der Waals surface area contributed by atoms with Gasteiger partial charge in [0.15, 0.2) is 11.6 Å². The maximum absolute atomic E-state index is 13.7. The zero-order valence-corrected chi connectivity index (χ0v) is 12.2. The Kier molecular flexibility index (Phi) is 4.73. The topological polar surface area (TPSA) is 35.2 Å². The first kappa shape index (κ1) is 14.9. The zero-order chi connectivity index (χ0) is 14.7. The van der Waals surface area contributed by atoms with Crippen LogP contribution in [0.5, 0.6) is 5.75 Å². The molecule has 108 valence electrons. The van der Waals surface area contributed by atoms with Crippen molar-refractivity contribution in [3.8, 4) is 5.75 Å². The van der Waals surface area contributed by atoms with Crippen LogP contribution >= 0.6 is 11.3 Å². The minimum absolute atomic E-state index is 0.105. The molecule has 0 radical (unpaired) electrons. The molecule has 0 aliphatic heterocycles. The normalized spacial score (nSPS) is 14.1. The van der Waals surface area contributed by atoms with Crippen molar-refractivity contribution in [2.24, 2.45) is 5.73 Å². The SMILES string of the molecule is CCC(N)C(Oc1cccc(F)c1F)c1sccc1C. The van der Waals surface area contributed by atoms with Crippen molar-refractivity contribution < 1.29 is 13.5 Å². The lowest BCUT2D eigenvalue weighted by Gasteiger charge is -2.24. The summed E-state index contributed by atoms with van der Waals surface area (Å²) in [6.07, 6.45) is 0.204. The third-order valence-corrected chi connectivity index (χ3v) is 4.27. The number of halogens is 2. The lowest BCUT2D eigenvalue weighted by Crippen LogP contribution is -2.31. The van der Waals surface area contributed by atoms with Gasteiger partial charge in [0, 0.05) is 10.9 Å². The first-order chi connectivity index (χ1) is 9.54. The van der Waals surface area contributed by atoms with Crippen molar-refractivity contribution in [1.82, 2.24) is 0 Å². The molecule has 0 bridgehead atoms. The number of benzene rings is 1. The van der Waals surface area contributed by atoms with Crippen LogP contribution in [0, 0.1) is 18.6 Å². The predicted molar refractivity (Wildman–Crippen MR) is 77.0 cm³/mol. The molecule has 0 spiro atoms. The highest BCUT2D eigenvalue weighted by Crippen LogP contribution is 2.32. The fourth-order valence-corrected chi connectivity index (χ4v) is 2.97. The van der Waals surface area contributed by atoms with Crippen LogP contribution in [0.4, 0.5) is 8.78 Å². The van der Waals surface area contributed by atoms with Gasteiger partial charge in [-0.3, -0.25) is 0 Å². The van der Waals surface area contributed by atoms with E-state index in [1.807, 2.05) is 25.3 Å². The number of rotatable bonds is 5. The van der Waals surface area contributed by atoms with Gasteiger partial charge in [0.25, 0.3) is 0 Å². The molecule has 20 heavy (non-hydrogen) atoms. The van der Waals surface area contributed by atoms with Crippen LogP contribution in [0.1, 0.15) is 29.9 Å². The molecule has 1 aromatic carbocycles. The summed E-state index contributed by atoms with van der Waals surface area (Å²) in [5, 5.41) is 1.94. The van der Waals surface area contributed by atoms with E-state index in [1.54, 1.807) is 0 Å². The van der Waals surface area contributed by atoms with Crippen LogP contribution in [-0.4, -0.2) is 6.04 Å². The first-order valence-electron chi connectivity index (χ1n) is 6.44. The standard InChI is InChI=1S/C15H17F2NOS/c1-3-11(18)14(15-9(2)7-8-20-15)19-12-6-4-5-10(16)13(12)17/h4-8,11,14H,3,18H2,1-2H3. The maximum atomic E-state index is 13.7. The van der Waals surface area contributed by atoms with Gasteiger partial charge in [-0.2, -0.15) is 4.39 Å². The molecular formula is C15H17F2NOS. The summed E-state index contributed by atoms with van der Waals surface area (Å²) in [5.74, 6) is -2.00. The molecule has 0 saturated carbocycles. The Hall–Kier alpha value is -1.46. The summed E-state index contributed by atoms with van der Waals surface area (Å²) in [5.41, 5.74) is 7.12. The van der Waals surface area contributed by atoms with Gasteiger partial charge >= 0.3 is 0 Å². The lowest BCUT2D eigenvalue weighted by atomic mass is 10.1. The third kappa shape index (κ3) is 2.99. The summed E-state index contributed by atoms with van der Waals surface area (Å²) < 4.78 is 32.7. The first-order valence-corrected chi connectivity index (χ1v) is 7.32. The average Bonchev–Trinajstić information content (AvgIpc) is 2.86. The lowest BCUT2D eigenvalue weighted by molar-refractivity contribution is 0.165. The summed E-state index contributed by atoms with van der Waals surface area (Å²) >= 11 is 1.51. The van der Waals surface area contributed by atoms with Gasteiger partial charge < -0.3 is 10.5 Å². The summed E-state index contributed by atoms with van der Waals surface area (Å²) in [7, 11) is 0. The van der Waals surface area contributed by atoms with E-state index >= 15 is 0 Å². The maximum Gasteiger partial charge on any atom is 0.200 e. The number of thiophene rings is 1. The summed E-state index contributed by atoms with van der Waals surface area (Å²) in [4.78, 5) is 0.947. The second kappa shape index (κ2) is 6.33. The van der Waals surface area contributed by atoms with E-state index < -0.39 is 17.7 Å². The smallest absolute Gasteiger partial charge is 0.200 e. The Labute approximate surface area is 121 Å². The van der Waals surface area contributed by atoms with Gasteiger partial charge in [0.1, 0.15) is 6.10 Å². The molecule has 2 unspecified atom stereocenters. The van der Waals surface area contributed by atoms with E-state index in [9.17, 15) is 8.78 Å². The summed E-state index contributed by atoms with van der Waals surface area (Å²) in [6, 6.07) is 5.57. The van der Waals surface area contributed by atoms with Crippen molar-refractivity contribution in [1.29, 1.82) is 0 Å². The minimum atomic E-state index is -0.977. The summed E-state index contributed by atoms with van der Waals surface area (Å²) in [6.45, 7) is 3.89. The van der Waals surface area contributed by atoms with Crippen LogP contribution in [0.25, 0.3) is 0 Å². The minimum Gasteiger partial charge on any atom is -0.480 e. The highest BCUT2D eigenvalue weighted by atomic mass is 32.1. The van der Waals surface area contributed by atoms with Gasteiger partial charge in [0.2, 0.25) is 5.82 Å². The molecule has 0 fully saturated rings. The molecule has 0 amide bonds. The van der Waals surface area contributed by atoms with Crippen molar-refractivity contribution in [2.45, 2.75) is 32.4 Å². The molecule has 1 aromatic heterocycles. The van der Waals surface area contributed by atoms with Crippen LogP contribution in [0.2, 0.25) is 0 Å². The average molecular weight is 297 g/mol. The van der Waals surface area contributed by atoms with E-state index in [4.69, 9.17) is 10.5 Å². The van der Waals surface area contributed by atoms with Crippen LogP contribution < -0.4 is 10.5 Å². The fraction of sp³-hybridized carbons (Fsp3) is 0.333. The Bertz CT molecular complexity index is 585. The van der Waals surface area contributed by atoms with Crippen molar-refractivity contribution >= 4 is 11.3 Å². The van der Waals surface area contributed by atoms with E-state index in [0.717, 1.165) is 16.5 Å². The Morgan fingerprint density at radius 2 is 2.05 bits per heavy atom. The molecular weight excluding hydrogens is 280 g/mol. The van der Waals surface area contributed by atoms with E-state index in [2.05, 4.69) is 0 Å². The molecule has 2 atom stereocenters. The van der Waals surface area contributed by atoms with E-state index in [-0.39, 0.29) is 11.8 Å². The van der Waals surface area contributed by atoms with E-state index in [1.165, 1.54) is 23.5 Å². The number of aryl methyl sites for hydroxylation is 1. The van der Waals surface area contributed by atoms with Gasteiger partial charge in [-0.1, -0.05) is 13.0 Å². The van der Waals surface area contributed by atoms with Crippen LogP contribution in [0.15, 0.2) is 29.6 Å². The molecule has 2 rings (SSSR count). The molecule has 5 heteroatoms. The largest absolute Gasteiger partial charge is 0.480 e. The molecule has 0 aliphatic carbocycles. The van der Waals surface area contributed by atoms with Gasteiger partial charge in [-0.05, 0) is 42.5 Å². The third-order valence-electron chi connectivity index (χ3n) is 3.19. The monoisotopic (exact) mass is 297 g/mol. The van der Waals surface area contributed by atoms with E-state index in [0.29, 0.717) is 6.42 Å². The zero-order valence-electron chi connectivity index (χ0n) is 11.4. The van der Waals surface area contributed by atoms with Gasteiger partial charge in [0.05, 0.1) is 0 Å². The number of hydrogen-bond acceptors (Lipinski definition) is 3. The molecule has 0 aliphatic rings. The number of nitrogens with two attached hydrogens (primary N) is 1. The Morgan fingerprint density at radius 1 is 1.30 bits per heavy atom. The van der Waals surface area contributed by atoms with Gasteiger partial charge in [-0.25, -0.2) is 4.39 Å². The fourth-order valence-electron chi connectivity index (χ4n) is 1.94. The molecule has 2 aromatic rings. The molecule has 1 heterocycles. The van der Waals surface area contributed by atoms with Crippen molar-refractivity contribution in [3.63, 3.8) is 0 Å². The quantitative estimate of drug-likeness (QED) is 0.898. The number of ether oxygens (including phenoxy) is 1. The second-order valence-corrected chi connectivity index (χ2v) is 5.58. The highest BCUT2D eigenvalue weighted by molar-refractivity contribution is 7.10. The molecule has 2 N–H and O–H groups in total. The molecule has 0 saturated heterocycles. The molecule has 2 nitrogen and oxygen atoms in total. The number of hydrogen-bond donors (Lipinski definition) is 1. The predicted octanol–water partition coefficient (Wildman–Crippen LogP) is 4.19. The van der Waals surface area contributed by atoms with Gasteiger partial charge in [-0.15, -0.1) is 11.3 Å². The highest BCUT2D eigenvalue weighted by Gasteiger charge is 2.25. The second-order valence-electron chi connectivity index (χ2n) is 4.63. The van der Waals surface area contributed by atoms with Crippen LogP contribution in [-0.2, 0) is 0 Å². The van der Waals surface area contributed by atoms with Crippen LogP contribution in [0.3, 0.4) is 0 Å². The van der Waals surface area contributed by atoms with Crippen molar-refractivity contribution in [3.05, 3.63) is 51.7 Å². The Morgan fingerprint density at radius 3 is 2.65 bits per heavy atom.